The Morgan fingerprint density at radius 3 is 1.98 bits per heavy atom. The second kappa shape index (κ2) is 13.9. The van der Waals surface area contributed by atoms with E-state index >= 15 is 0 Å². The van der Waals surface area contributed by atoms with E-state index < -0.39 is 10.8 Å². The Labute approximate surface area is 340 Å². The van der Waals surface area contributed by atoms with Crippen LogP contribution in [0.4, 0.5) is 4.39 Å². The van der Waals surface area contributed by atoms with Crippen molar-refractivity contribution < 1.29 is 14.0 Å². The van der Waals surface area contributed by atoms with Gasteiger partial charge in [0.1, 0.15) is 0 Å². The van der Waals surface area contributed by atoms with Crippen LogP contribution in [0.15, 0.2) is 54.6 Å². The number of rotatable bonds is 11. The predicted octanol–water partition coefficient (Wildman–Crippen LogP) is 7.76. The second-order valence-electron chi connectivity index (χ2n) is 21.8. The number of hydrogen-bond acceptors (Lipinski definition) is 5. The molecule has 1 heterocycles. The molecule has 9 aliphatic carbocycles. The molecule has 9 saturated carbocycles. The van der Waals surface area contributed by atoms with E-state index in [0.717, 1.165) is 142 Å². The van der Waals surface area contributed by atoms with Crippen molar-refractivity contribution in [3.8, 4) is 0 Å². The molecule has 8 heteroatoms. The molecule has 8 bridgehead atoms. The first-order chi connectivity index (χ1) is 27.5. The largest absolute Gasteiger partial charge is 0.353 e. The molecule has 7 nitrogen and oxygen atoms in total. The van der Waals surface area contributed by atoms with Crippen LogP contribution in [0, 0.1) is 33.5 Å². The number of halogens is 1. The zero-order chi connectivity index (χ0) is 39.2. The number of nitrogens with two attached hydrogens (primary N) is 1. The van der Waals surface area contributed by atoms with Gasteiger partial charge < -0.3 is 16.4 Å². The molecule has 57 heavy (non-hydrogen) atoms. The number of piperazine rings is 1. The summed E-state index contributed by atoms with van der Waals surface area (Å²) in [6.45, 7) is 6.28. The molecule has 0 aromatic heterocycles. The number of amides is 2. The molecule has 8 atom stereocenters. The summed E-state index contributed by atoms with van der Waals surface area (Å²) in [5.41, 5.74) is 12.5. The van der Waals surface area contributed by atoms with Crippen LogP contribution in [0.5, 0.6) is 0 Å². The van der Waals surface area contributed by atoms with Gasteiger partial charge in [0.15, 0.2) is 0 Å². The molecule has 5 N–H and O–H groups in total. The van der Waals surface area contributed by atoms with Crippen LogP contribution in [0.25, 0.3) is 0 Å². The summed E-state index contributed by atoms with van der Waals surface area (Å²) in [4.78, 5) is 29.5. The number of nitrogens with zero attached hydrogens (tertiary/aromatic N) is 1. The van der Waals surface area contributed by atoms with Crippen LogP contribution < -0.4 is 21.8 Å². The van der Waals surface area contributed by atoms with Crippen molar-refractivity contribution in [1.29, 1.82) is 0 Å². The average Bonchev–Trinajstić information content (AvgIpc) is 3.21. The molecule has 0 spiro atoms. The van der Waals surface area contributed by atoms with E-state index in [1.807, 2.05) is 0 Å². The Hall–Kier alpha value is -2.81. The Bertz CT molecular complexity index is 1840. The fourth-order valence-corrected chi connectivity index (χ4v) is 16.7. The summed E-state index contributed by atoms with van der Waals surface area (Å²) in [5.74, 6) is 1.52. The van der Waals surface area contributed by atoms with Gasteiger partial charge in [-0.25, -0.2) is 5.01 Å². The van der Waals surface area contributed by atoms with Gasteiger partial charge in [-0.05, 0) is 171 Å². The van der Waals surface area contributed by atoms with Crippen LogP contribution in [-0.2, 0) is 25.8 Å². The fraction of sp³-hybridized carbons (Fsp3) is 0.714. The van der Waals surface area contributed by atoms with Gasteiger partial charge in [-0.1, -0.05) is 67.9 Å². The van der Waals surface area contributed by atoms with Gasteiger partial charge in [0.25, 0.3) is 0 Å². The SMILES string of the molecule is CC[C@@]12CC3(C(=O)NN4CCNCC4)CC(c4ccc([C@]56CC7CC(C(=O)N[C@H]8CC[C@@H](CN)CC8)(C[C@](CCF)(C7)C5)C6)cc4)(C1)C[C@](c1ccccc1)(C3)C2. The molecule has 2 amide bonds. The number of carbonyl (C=O) groups is 2. The van der Waals surface area contributed by atoms with E-state index in [1.54, 1.807) is 0 Å². The normalized spacial score (nSPS) is 43.2. The molecule has 2 aromatic rings. The number of alkyl halides is 1. The Morgan fingerprint density at radius 1 is 0.719 bits per heavy atom. The van der Waals surface area contributed by atoms with E-state index in [9.17, 15) is 14.0 Å². The van der Waals surface area contributed by atoms with Gasteiger partial charge in [-0.3, -0.25) is 19.4 Å². The van der Waals surface area contributed by atoms with E-state index in [0.29, 0.717) is 18.3 Å². The van der Waals surface area contributed by atoms with Crippen LogP contribution in [0.3, 0.4) is 0 Å². The molecule has 10 fully saturated rings. The van der Waals surface area contributed by atoms with Gasteiger partial charge in [-0.2, -0.15) is 0 Å². The van der Waals surface area contributed by atoms with Gasteiger partial charge in [0.05, 0.1) is 17.5 Å². The summed E-state index contributed by atoms with van der Waals surface area (Å²) < 4.78 is 14.5. The highest BCUT2D eigenvalue weighted by Crippen LogP contribution is 2.76. The Balaban J connectivity index is 0.989. The van der Waals surface area contributed by atoms with E-state index in [4.69, 9.17) is 5.73 Å². The minimum Gasteiger partial charge on any atom is -0.353 e. The summed E-state index contributed by atoms with van der Waals surface area (Å²) in [5, 5.41) is 9.19. The molecule has 308 valence electrons. The number of hydrazine groups is 1. The average molecular weight is 778 g/mol. The first kappa shape index (κ1) is 38.4. The Kier molecular flexibility index (Phi) is 9.35. The molecule has 4 unspecified atom stereocenters. The van der Waals surface area contributed by atoms with Crippen molar-refractivity contribution in [1.82, 2.24) is 21.1 Å². The summed E-state index contributed by atoms with van der Waals surface area (Å²) in [7, 11) is 0. The molecule has 2 aromatic carbocycles. The zero-order valence-electron chi connectivity index (χ0n) is 34.6. The van der Waals surface area contributed by atoms with Crippen LogP contribution >= 0.6 is 0 Å². The first-order valence-electron chi connectivity index (χ1n) is 23.0. The monoisotopic (exact) mass is 778 g/mol. The van der Waals surface area contributed by atoms with Crippen molar-refractivity contribution in [3.05, 3.63) is 71.3 Å². The minimum atomic E-state index is -0.424. The molecule has 1 aliphatic heterocycles. The maximum Gasteiger partial charge on any atom is 0.240 e. The Morgan fingerprint density at radius 2 is 1.33 bits per heavy atom. The molecular weight excluding hydrogens is 710 g/mol. The maximum atomic E-state index is 14.9. The number of carbonyl (C=O) groups excluding carboxylic acids is 2. The lowest BCUT2D eigenvalue weighted by molar-refractivity contribution is -0.173. The van der Waals surface area contributed by atoms with E-state index in [-0.39, 0.29) is 51.6 Å². The van der Waals surface area contributed by atoms with E-state index in [2.05, 4.69) is 82.6 Å². The highest BCUT2D eigenvalue weighted by molar-refractivity contribution is 5.84. The fourth-order valence-electron chi connectivity index (χ4n) is 16.7. The third kappa shape index (κ3) is 6.26. The lowest BCUT2D eigenvalue weighted by Gasteiger charge is -2.70. The highest BCUT2D eigenvalue weighted by atomic mass is 19.1. The van der Waals surface area contributed by atoms with Crippen molar-refractivity contribution in [2.75, 3.05) is 39.4 Å². The number of nitrogens with one attached hydrogen (secondary N) is 3. The predicted molar refractivity (Wildman–Crippen MR) is 223 cm³/mol. The van der Waals surface area contributed by atoms with Crippen molar-refractivity contribution >= 4 is 11.8 Å². The van der Waals surface area contributed by atoms with Gasteiger partial charge in [-0.15, -0.1) is 0 Å². The summed E-state index contributed by atoms with van der Waals surface area (Å²) >= 11 is 0. The van der Waals surface area contributed by atoms with Crippen LogP contribution in [0.2, 0.25) is 0 Å². The first-order valence-corrected chi connectivity index (χ1v) is 23.0. The molecule has 10 aliphatic rings. The molecular formula is C49H68FN5O2. The van der Waals surface area contributed by atoms with Crippen molar-refractivity contribution in [2.24, 2.45) is 39.2 Å². The van der Waals surface area contributed by atoms with Gasteiger partial charge >= 0.3 is 0 Å². The maximum absolute atomic E-state index is 14.9. The molecule has 1 saturated heterocycles. The summed E-state index contributed by atoms with van der Waals surface area (Å²) in [6, 6.07) is 21.2. The van der Waals surface area contributed by atoms with E-state index in [1.165, 1.54) is 16.7 Å². The van der Waals surface area contributed by atoms with Gasteiger partial charge in [0, 0.05) is 32.2 Å². The van der Waals surface area contributed by atoms with Crippen LogP contribution in [-0.4, -0.2) is 62.3 Å². The van der Waals surface area contributed by atoms with Crippen LogP contribution in [0.1, 0.15) is 139 Å². The smallest absolute Gasteiger partial charge is 0.240 e. The third-order valence-corrected chi connectivity index (χ3v) is 18.1. The van der Waals surface area contributed by atoms with Crippen molar-refractivity contribution in [2.45, 2.75) is 145 Å². The second-order valence-corrected chi connectivity index (χ2v) is 21.8. The lowest BCUT2D eigenvalue weighted by atomic mass is 9.33. The topological polar surface area (TPSA) is 99.5 Å². The third-order valence-electron chi connectivity index (χ3n) is 18.1. The minimum absolute atomic E-state index is 0.0482. The molecule has 0 radical (unpaired) electrons. The standard InChI is InChI=1S/C49H68FN5O2/c1-2-43-26-47(37-6-4-3-5-7-37)32-48(27-43,34-49(28-43,33-47)42(57)54-55-20-18-52-19-21-55)39-12-10-38(11-13-39)45-23-36-22-44(29-45,16-17-50)30-46(24-36,31-45)41(56)53-40-14-8-35(25-51)9-15-40/h3-7,10-13,35-36,40,52H,2,8-9,14-34,51H2,1H3,(H,53,56)(H,54,57)/t35-,36?,40+,43-,44+,45+,46?,47-,48?,49?/m0/s1. The van der Waals surface area contributed by atoms with Crippen molar-refractivity contribution in [3.63, 3.8) is 0 Å². The quantitative estimate of drug-likeness (QED) is 0.187. The highest BCUT2D eigenvalue weighted by Gasteiger charge is 2.71. The summed E-state index contributed by atoms with van der Waals surface area (Å²) in [6.07, 6.45) is 17.9. The lowest BCUT2D eigenvalue weighted by Crippen LogP contribution is -2.68. The van der Waals surface area contributed by atoms with Gasteiger partial charge in [0.2, 0.25) is 11.8 Å². The number of hydrogen-bond donors (Lipinski definition) is 4. The molecule has 12 rings (SSSR count). The zero-order valence-corrected chi connectivity index (χ0v) is 34.6. The number of benzene rings is 2.